The van der Waals surface area contributed by atoms with Gasteiger partial charge >= 0.3 is 0 Å². The summed E-state index contributed by atoms with van der Waals surface area (Å²) in [6, 6.07) is 3.98. The minimum absolute atomic E-state index is 0.0592. The van der Waals surface area contributed by atoms with Crippen LogP contribution in [0.5, 0.6) is 11.5 Å². The molecule has 0 fully saturated rings. The van der Waals surface area contributed by atoms with Crippen LogP contribution in [0.4, 0.5) is 0 Å². The highest BCUT2D eigenvalue weighted by Crippen LogP contribution is 2.54. The Labute approximate surface area is 132 Å². The third-order valence-corrected chi connectivity index (χ3v) is 5.77. The van der Waals surface area contributed by atoms with E-state index in [2.05, 4.69) is 19.9 Å². The van der Waals surface area contributed by atoms with Gasteiger partial charge in [0.1, 0.15) is 11.5 Å². The molecule has 0 saturated carbocycles. The zero-order chi connectivity index (χ0) is 16.1. The normalized spacial score (nSPS) is 29.2. The van der Waals surface area contributed by atoms with Crippen molar-refractivity contribution in [2.45, 2.75) is 45.1 Å². The number of aliphatic hydroxyl groups is 1. The predicted molar refractivity (Wildman–Crippen MR) is 87.6 cm³/mol. The Morgan fingerprint density at radius 2 is 1.77 bits per heavy atom. The van der Waals surface area contributed by atoms with Gasteiger partial charge in [0.15, 0.2) is 0 Å². The van der Waals surface area contributed by atoms with Crippen molar-refractivity contribution in [1.29, 1.82) is 0 Å². The molecule has 22 heavy (non-hydrogen) atoms. The number of ether oxygens (including phenoxy) is 2. The van der Waals surface area contributed by atoms with E-state index in [1.54, 1.807) is 14.2 Å². The molecule has 2 aliphatic rings. The second kappa shape index (κ2) is 5.31. The summed E-state index contributed by atoms with van der Waals surface area (Å²) < 4.78 is 11.2. The second-order valence-corrected chi connectivity index (χ2v) is 7.15. The maximum absolute atomic E-state index is 10.7. The summed E-state index contributed by atoms with van der Waals surface area (Å²) in [6.07, 6.45) is 3.70. The first-order chi connectivity index (χ1) is 10.4. The third kappa shape index (κ3) is 2.06. The van der Waals surface area contributed by atoms with Crippen LogP contribution < -0.4 is 9.47 Å². The molecule has 0 amide bonds. The number of fused-ring (bicyclic) bond motifs is 2. The number of hydrogen-bond donors (Lipinski definition) is 1. The average molecular weight is 302 g/mol. The van der Waals surface area contributed by atoms with Gasteiger partial charge in [-0.3, -0.25) is 0 Å². The molecule has 0 bridgehead atoms. The highest BCUT2D eigenvalue weighted by molar-refractivity contribution is 5.55. The summed E-state index contributed by atoms with van der Waals surface area (Å²) in [5.74, 6) is 2.50. The van der Waals surface area contributed by atoms with Crippen LogP contribution in [0.2, 0.25) is 0 Å². The monoisotopic (exact) mass is 302 g/mol. The van der Waals surface area contributed by atoms with Crippen molar-refractivity contribution in [3.63, 3.8) is 0 Å². The lowest BCUT2D eigenvalue weighted by Gasteiger charge is -2.49. The van der Waals surface area contributed by atoms with E-state index in [1.807, 2.05) is 19.1 Å². The molecule has 120 valence electrons. The number of methoxy groups -OCH3 is 2. The Kier molecular flexibility index (Phi) is 3.72. The minimum Gasteiger partial charge on any atom is -0.496 e. The Morgan fingerprint density at radius 3 is 2.41 bits per heavy atom. The lowest BCUT2D eigenvalue weighted by atomic mass is 9.56. The molecule has 0 aromatic heterocycles. The van der Waals surface area contributed by atoms with Gasteiger partial charge in [0.25, 0.3) is 0 Å². The summed E-state index contributed by atoms with van der Waals surface area (Å²) in [7, 11) is 3.44. The number of benzene rings is 1. The van der Waals surface area contributed by atoms with Crippen molar-refractivity contribution in [1.82, 2.24) is 0 Å². The number of aliphatic hydroxyl groups excluding tert-OH is 1. The predicted octanol–water partition coefficient (Wildman–Crippen LogP) is 3.48. The first kappa shape index (κ1) is 15.4. The molecule has 0 aliphatic heterocycles. The molecule has 3 heteroatoms. The van der Waals surface area contributed by atoms with Crippen LogP contribution >= 0.6 is 0 Å². The molecule has 0 heterocycles. The standard InChI is InChI=1S/C19H26O3/c1-11-6-7-14-12(18(11)20)10-13-15(21-4)8-9-16(22-5)17(13)19(14,2)3/h6,8-9,12,14,18,20H,7,10H2,1-5H3. The van der Waals surface area contributed by atoms with Crippen LogP contribution in [-0.2, 0) is 11.8 Å². The molecule has 3 rings (SSSR count). The second-order valence-electron chi connectivity index (χ2n) is 7.15. The highest BCUT2D eigenvalue weighted by Gasteiger charge is 2.48. The van der Waals surface area contributed by atoms with Crippen LogP contribution in [0.15, 0.2) is 23.8 Å². The van der Waals surface area contributed by atoms with Crippen LogP contribution in [0, 0.1) is 11.8 Å². The van der Waals surface area contributed by atoms with Gasteiger partial charge in [0.2, 0.25) is 0 Å². The lowest BCUT2D eigenvalue weighted by Crippen LogP contribution is -2.47. The van der Waals surface area contributed by atoms with Crippen LogP contribution in [-0.4, -0.2) is 25.4 Å². The van der Waals surface area contributed by atoms with Crippen LogP contribution in [0.3, 0.4) is 0 Å². The van der Waals surface area contributed by atoms with E-state index in [0.29, 0.717) is 5.92 Å². The molecule has 3 atom stereocenters. The minimum atomic E-state index is -0.359. The largest absolute Gasteiger partial charge is 0.496 e. The topological polar surface area (TPSA) is 38.7 Å². The molecule has 1 N–H and O–H groups in total. The summed E-state index contributed by atoms with van der Waals surface area (Å²) in [6.45, 7) is 6.57. The number of rotatable bonds is 2. The first-order valence-corrected chi connectivity index (χ1v) is 8.00. The van der Waals surface area contributed by atoms with Crippen LogP contribution in [0.1, 0.15) is 38.3 Å². The van der Waals surface area contributed by atoms with E-state index in [1.165, 1.54) is 11.1 Å². The molecule has 0 radical (unpaired) electrons. The molecule has 0 saturated heterocycles. The Morgan fingerprint density at radius 1 is 1.14 bits per heavy atom. The van der Waals surface area contributed by atoms with E-state index in [4.69, 9.17) is 9.47 Å². The highest BCUT2D eigenvalue weighted by atomic mass is 16.5. The van der Waals surface area contributed by atoms with Gasteiger partial charge in [-0.1, -0.05) is 19.9 Å². The molecule has 1 aromatic carbocycles. The average Bonchev–Trinajstić information content (AvgIpc) is 2.50. The number of hydrogen-bond acceptors (Lipinski definition) is 3. The quantitative estimate of drug-likeness (QED) is 0.850. The van der Waals surface area contributed by atoms with Crippen molar-refractivity contribution >= 4 is 0 Å². The molecular weight excluding hydrogens is 276 g/mol. The zero-order valence-corrected chi connectivity index (χ0v) is 14.1. The lowest BCUT2D eigenvalue weighted by molar-refractivity contribution is 0.0503. The fourth-order valence-electron chi connectivity index (χ4n) is 4.55. The van der Waals surface area contributed by atoms with E-state index < -0.39 is 0 Å². The van der Waals surface area contributed by atoms with Gasteiger partial charge in [-0.05, 0) is 54.7 Å². The van der Waals surface area contributed by atoms with Crippen LogP contribution in [0.25, 0.3) is 0 Å². The molecule has 3 unspecified atom stereocenters. The maximum atomic E-state index is 10.7. The van der Waals surface area contributed by atoms with Gasteiger partial charge in [0, 0.05) is 11.1 Å². The van der Waals surface area contributed by atoms with Crippen molar-refractivity contribution in [2.75, 3.05) is 14.2 Å². The maximum Gasteiger partial charge on any atom is 0.123 e. The Balaban J connectivity index is 2.20. The summed E-state index contributed by atoms with van der Waals surface area (Å²) >= 11 is 0. The van der Waals surface area contributed by atoms with E-state index >= 15 is 0 Å². The smallest absolute Gasteiger partial charge is 0.123 e. The van der Waals surface area contributed by atoms with Gasteiger partial charge in [-0.15, -0.1) is 0 Å². The van der Waals surface area contributed by atoms with Crippen molar-refractivity contribution < 1.29 is 14.6 Å². The fourth-order valence-corrected chi connectivity index (χ4v) is 4.55. The Hall–Kier alpha value is -1.48. The van der Waals surface area contributed by atoms with Gasteiger partial charge in [-0.2, -0.15) is 0 Å². The van der Waals surface area contributed by atoms with Crippen molar-refractivity contribution in [2.24, 2.45) is 11.8 Å². The van der Waals surface area contributed by atoms with Crippen molar-refractivity contribution in [3.8, 4) is 11.5 Å². The van der Waals surface area contributed by atoms with Crippen molar-refractivity contribution in [3.05, 3.63) is 34.9 Å². The SMILES string of the molecule is COc1ccc(OC)c2c1CC1C(O)C(C)=CCC1C2(C)C. The van der Waals surface area contributed by atoms with Gasteiger partial charge < -0.3 is 14.6 Å². The van der Waals surface area contributed by atoms with E-state index in [-0.39, 0.29) is 17.4 Å². The molecular formula is C19H26O3. The van der Waals surface area contributed by atoms with E-state index in [0.717, 1.165) is 29.9 Å². The molecule has 0 spiro atoms. The fraction of sp³-hybridized carbons (Fsp3) is 0.579. The zero-order valence-electron chi connectivity index (χ0n) is 14.1. The molecule has 2 aliphatic carbocycles. The van der Waals surface area contributed by atoms with E-state index in [9.17, 15) is 5.11 Å². The summed E-state index contributed by atoms with van der Waals surface area (Å²) in [5.41, 5.74) is 3.48. The first-order valence-electron chi connectivity index (χ1n) is 8.00. The van der Waals surface area contributed by atoms with Gasteiger partial charge in [0.05, 0.1) is 20.3 Å². The Bertz CT molecular complexity index is 615. The van der Waals surface area contributed by atoms with Gasteiger partial charge in [-0.25, -0.2) is 0 Å². The summed E-state index contributed by atoms with van der Waals surface area (Å²) in [5, 5.41) is 10.7. The summed E-state index contributed by atoms with van der Waals surface area (Å²) in [4.78, 5) is 0. The third-order valence-electron chi connectivity index (χ3n) is 5.77. The molecule has 1 aromatic rings. The molecule has 3 nitrogen and oxygen atoms in total. The number of allylic oxidation sites excluding steroid dienone is 1.